The van der Waals surface area contributed by atoms with Crippen LogP contribution < -0.4 is 4.74 Å². The normalized spacial score (nSPS) is 11.3. The van der Waals surface area contributed by atoms with E-state index in [4.69, 9.17) is 4.74 Å². The van der Waals surface area contributed by atoms with E-state index in [1.807, 2.05) is 13.0 Å². The molecule has 0 aromatic heterocycles. The summed E-state index contributed by atoms with van der Waals surface area (Å²) in [6.07, 6.45) is 3.45. The highest BCUT2D eigenvalue weighted by atomic mass is 16.5. The van der Waals surface area contributed by atoms with Gasteiger partial charge in [0.15, 0.2) is 0 Å². The number of aryl methyl sites for hydroxylation is 1. The lowest BCUT2D eigenvalue weighted by molar-refractivity contribution is 0.270. The largest absolute Gasteiger partial charge is 0.493 e. The first-order chi connectivity index (χ1) is 9.06. The third-order valence-electron chi connectivity index (χ3n) is 3.10. The molecule has 19 heavy (non-hydrogen) atoms. The number of rotatable bonds is 8. The zero-order valence-corrected chi connectivity index (χ0v) is 12.7. The molecule has 0 fully saturated rings. The summed E-state index contributed by atoms with van der Waals surface area (Å²) in [6.45, 7) is 9.28. The van der Waals surface area contributed by atoms with E-state index in [1.165, 1.54) is 18.4 Å². The fraction of sp³-hybridized carbons (Fsp3) is 0.588. The molecule has 1 N–H and O–H groups in total. The summed E-state index contributed by atoms with van der Waals surface area (Å²) < 4.78 is 5.83. The second-order valence-corrected chi connectivity index (χ2v) is 5.61. The van der Waals surface area contributed by atoms with Gasteiger partial charge in [0.2, 0.25) is 0 Å². The average Bonchev–Trinajstić information content (AvgIpc) is 2.41. The molecule has 2 heteroatoms. The van der Waals surface area contributed by atoms with Crippen LogP contribution in [0.1, 0.15) is 51.7 Å². The van der Waals surface area contributed by atoms with Gasteiger partial charge in [0.05, 0.1) is 13.2 Å². The molecule has 0 saturated heterocycles. The Bertz CT molecular complexity index is 372. The van der Waals surface area contributed by atoms with Gasteiger partial charge in [-0.1, -0.05) is 40.2 Å². The maximum absolute atomic E-state index is 9.29. The monoisotopic (exact) mass is 263 g/mol. The molecule has 0 bridgehead atoms. The zero-order chi connectivity index (χ0) is 14.3. The highest BCUT2D eigenvalue weighted by Gasteiger charge is 2.09. The summed E-state index contributed by atoms with van der Waals surface area (Å²) in [5.74, 6) is 2.43. The van der Waals surface area contributed by atoms with Gasteiger partial charge in [0.1, 0.15) is 5.75 Å². The first-order valence-electron chi connectivity index (χ1n) is 7.27. The van der Waals surface area contributed by atoms with Crippen molar-refractivity contribution >= 4 is 0 Å². The van der Waals surface area contributed by atoms with Gasteiger partial charge >= 0.3 is 0 Å². The molecular formula is C17H27O2. The summed E-state index contributed by atoms with van der Waals surface area (Å²) in [5.41, 5.74) is 2.39. The Kier molecular flexibility index (Phi) is 6.93. The predicted octanol–water partition coefficient (Wildman–Crippen LogP) is 4.00. The fourth-order valence-corrected chi connectivity index (χ4v) is 1.87. The van der Waals surface area contributed by atoms with Crippen molar-refractivity contribution in [1.29, 1.82) is 0 Å². The summed E-state index contributed by atoms with van der Waals surface area (Å²) in [7, 11) is 0. The number of hydrogen-bond donors (Lipinski definition) is 1. The molecule has 1 aromatic rings. The van der Waals surface area contributed by atoms with Crippen LogP contribution in [0.15, 0.2) is 18.2 Å². The second-order valence-electron chi connectivity index (χ2n) is 5.61. The van der Waals surface area contributed by atoms with E-state index < -0.39 is 0 Å². The molecule has 0 heterocycles. The maximum Gasteiger partial charge on any atom is 0.119 e. The molecule has 0 unspecified atom stereocenters. The van der Waals surface area contributed by atoms with Gasteiger partial charge in [0, 0.05) is 5.92 Å². The lowest BCUT2D eigenvalue weighted by atomic mass is 9.97. The van der Waals surface area contributed by atoms with Crippen molar-refractivity contribution in [2.24, 2.45) is 5.92 Å². The van der Waals surface area contributed by atoms with Crippen LogP contribution in [-0.2, 0) is 6.42 Å². The van der Waals surface area contributed by atoms with Crippen LogP contribution in [0, 0.1) is 11.8 Å². The van der Waals surface area contributed by atoms with Gasteiger partial charge in [-0.05, 0) is 42.0 Å². The Balaban J connectivity index is 2.88. The molecule has 1 radical (unpaired) electrons. The first kappa shape index (κ1) is 16.0. The number of aliphatic hydroxyl groups is 1. The summed E-state index contributed by atoms with van der Waals surface area (Å²) in [4.78, 5) is 0. The highest BCUT2D eigenvalue weighted by molar-refractivity contribution is 5.41. The van der Waals surface area contributed by atoms with Gasteiger partial charge in [-0.2, -0.15) is 0 Å². The summed E-state index contributed by atoms with van der Waals surface area (Å²) >= 11 is 0. The van der Waals surface area contributed by atoms with Crippen molar-refractivity contribution in [3.63, 3.8) is 0 Å². The molecule has 0 aliphatic rings. The third-order valence-corrected chi connectivity index (χ3v) is 3.10. The fourth-order valence-electron chi connectivity index (χ4n) is 1.87. The molecule has 0 spiro atoms. The van der Waals surface area contributed by atoms with Gasteiger partial charge < -0.3 is 9.84 Å². The topological polar surface area (TPSA) is 29.5 Å². The molecule has 0 amide bonds. The third kappa shape index (κ3) is 5.65. The minimum atomic E-state index is 0.0981. The molecular weight excluding hydrogens is 236 g/mol. The second kappa shape index (κ2) is 8.21. The van der Waals surface area contributed by atoms with E-state index in [1.54, 1.807) is 0 Å². The molecule has 0 aliphatic heterocycles. The van der Waals surface area contributed by atoms with Crippen LogP contribution in [0.25, 0.3) is 0 Å². The number of aliphatic hydroxyl groups excluding tert-OH is 1. The summed E-state index contributed by atoms with van der Waals surface area (Å²) in [6, 6.07) is 6.33. The molecule has 0 atom stereocenters. The molecule has 2 nitrogen and oxygen atoms in total. The van der Waals surface area contributed by atoms with Crippen LogP contribution in [0.4, 0.5) is 0 Å². The molecule has 107 valence electrons. The number of benzene rings is 1. The quantitative estimate of drug-likeness (QED) is 0.768. The maximum atomic E-state index is 9.29. The Labute approximate surface area is 117 Å². The molecule has 0 saturated carbocycles. The molecule has 1 rings (SSSR count). The minimum Gasteiger partial charge on any atom is -0.493 e. The van der Waals surface area contributed by atoms with Crippen molar-refractivity contribution in [3.05, 3.63) is 35.2 Å². The van der Waals surface area contributed by atoms with Crippen molar-refractivity contribution in [3.8, 4) is 5.75 Å². The van der Waals surface area contributed by atoms with E-state index in [0.29, 0.717) is 5.92 Å². The lowest BCUT2D eigenvalue weighted by Crippen LogP contribution is -2.07. The van der Waals surface area contributed by atoms with E-state index in [2.05, 4.69) is 32.9 Å². The van der Waals surface area contributed by atoms with Crippen LogP contribution >= 0.6 is 0 Å². The van der Waals surface area contributed by atoms with Crippen molar-refractivity contribution in [1.82, 2.24) is 0 Å². The van der Waals surface area contributed by atoms with Crippen LogP contribution in [0.2, 0.25) is 0 Å². The molecule has 0 aliphatic carbocycles. The number of ether oxygens (including phenoxy) is 1. The van der Waals surface area contributed by atoms with Gasteiger partial charge in [-0.15, -0.1) is 0 Å². The van der Waals surface area contributed by atoms with Crippen LogP contribution in [0.3, 0.4) is 0 Å². The standard InChI is InChI=1S/C17H27O2/c1-5-6-7-15-8-16(14(4)11-18)10-17(9-15)19-12-13(2)3/h8-10,13,18H,5-7,11-12H2,1-4H3. The Morgan fingerprint density at radius 3 is 2.58 bits per heavy atom. The first-order valence-corrected chi connectivity index (χ1v) is 7.27. The van der Waals surface area contributed by atoms with E-state index in [-0.39, 0.29) is 6.61 Å². The summed E-state index contributed by atoms with van der Waals surface area (Å²) in [5, 5.41) is 9.29. The minimum absolute atomic E-state index is 0.0981. The SMILES string of the molecule is CCCCc1cc(OCC(C)C)cc([C](C)CO)c1. The Morgan fingerprint density at radius 1 is 1.26 bits per heavy atom. The lowest BCUT2D eigenvalue weighted by Gasteiger charge is -2.15. The number of hydrogen-bond acceptors (Lipinski definition) is 2. The Hall–Kier alpha value is -1.02. The van der Waals surface area contributed by atoms with Gasteiger partial charge in [-0.25, -0.2) is 0 Å². The van der Waals surface area contributed by atoms with Crippen LogP contribution in [0.5, 0.6) is 5.75 Å². The predicted molar refractivity (Wildman–Crippen MR) is 80.5 cm³/mol. The van der Waals surface area contributed by atoms with Gasteiger partial charge in [-0.3, -0.25) is 0 Å². The van der Waals surface area contributed by atoms with Gasteiger partial charge in [0.25, 0.3) is 0 Å². The average molecular weight is 263 g/mol. The van der Waals surface area contributed by atoms with Crippen molar-refractivity contribution in [2.45, 2.75) is 47.0 Å². The number of unbranched alkanes of at least 4 members (excludes halogenated alkanes) is 1. The molecule has 1 aromatic carbocycles. The van der Waals surface area contributed by atoms with E-state index in [0.717, 1.165) is 30.3 Å². The van der Waals surface area contributed by atoms with Crippen molar-refractivity contribution < 1.29 is 9.84 Å². The highest BCUT2D eigenvalue weighted by Crippen LogP contribution is 2.24. The Morgan fingerprint density at radius 2 is 2.00 bits per heavy atom. The van der Waals surface area contributed by atoms with E-state index in [9.17, 15) is 5.11 Å². The van der Waals surface area contributed by atoms with Crippen molar-refractivity contribution in [2.75, 3.05) is 13.2 Å². The van der Waals surface area contributed by atoms with E-state index >= 15 is 0 Å². The smallest absolute Gasteiger partial charge is 0.119 e. The van der Waals surface area contributed by atoms with Crippen LogP contribution in [-0.4, -0.2) is 18.3 Å². The zero-order valence-electron chi connectivity index (χ0n) is 12.7.